The molecule has 0 aliphatic carbocycles. The fourth-order valence-corrected chi connectivity index (χ4v) is 2.11. The lowest BCUT2D eigenvalue weighted by Gasteiger charge is -2.22. The van der Waals surface area contributed by atoms with E-state index in [1.807, 2.05) is 25.1 Å². The molecular formula is C17H17NO3. The highest BCUT2D eigenvalue weighted by molar-refractivity contribution is 6.06. The Labute approximate surface area is 123 Å². The molecule has 108 valence electrons. The van der Waals surface area contributed by atoms with Gasteiger partial charge in [-0.05, 0) is 36.8 Å². The Bertz CT molecular complexity index is 637. The maximum Gasteiger partial charge on any atom is 0.335 e. The van der Waals surface area contributed by atoms with Crippen LogP contribution in [0.5, 0.6) is 0 Å². The highest BCUT2D eigenvalue weighted by atomic mass is 16.4. The molecule has 4 nitrogen and oxygen atoms in total. The van der Waals surface area contributed by atoms with E-state index >= 15 is 0 Å². The third kappa shape index (κ3) is 3.48. The highest BCUT2D eigenvalue weighted by Gasteiger charge is 2.17. The van der Waals surface area contributed by atoms with E-state index in [1.165, 1.54) is 12.1 Å². The first kappa shape index (κ1) is 14.8. The van der Waals surface area contributed by atoms with Crippen LogP contribution in [0.15, 0.2) is 54.6 Å². The molecule has 0 aromatic heterocycles. The number of carbonyl (C=O) groups is 2. The largest absolute Gasteiger partial charge is 0.478 e. The predicted octanol–water partition coefficient (Wildman–Crippen LogP) is 3.44. The molecule has 1 N–H and O–H groups in total. The Kier molecular flexibility index (Phi) is 4.72. The van der Waals surface area contributed by atoms with E-state index in [4.69, 9.17) is 5.11 Å². The Morgan fingerprint density at radius 2 is 1.67 bits per heavy atom. The Balaban J connectivity index is 2.37. The Morgan fingerprint density at radius 1 is 1.00 bits per heavy atom. The zero-order valence-corrected chi connectivity index (χ0v) is 11.8. The van der Waals surface area contributed by atoms with Gasteiger partial charge in [0.05, 0.1) is 5.56 Å². The Morgan fingerprint density at radius 3 is 2.29 bits per heavy atom. The number of carboxylic acid groups (broad SMARTS) is 1. The van der Waals surface area contributed by atoms with Crippen LogP contribution in [0.25, 0.3) is 0 Å². The molecule has 2 aromatic carbocycles. The summed E-state index contributed by atoms with van der Waals surface area (Å²) in [5.74, 6) is -1.12. The van der Waals surface area contributed by atoms with Gasteiger partial charge in [0.2, 0.25) is 0 Å². The van der Waals surface area contributed by atoms with Crippen molar-refractivity contribution >= 4 is 17.6 Å². The number of hydrogen-bond donors (Lipinski definition) is 1. The first-order valence-electron chi connectivity index (χ1n) is 6.83. The molecule has 0 spiro atoms. The quantitative estimate of drug-likeness (QED) is 0.914. The van der Waals surface area contributed by atoms with E-state index < -0.39 is 5.97 Å². The van der Waals surface area contributed by atoms with Crippen molar-refractivity contribution in [3.8, 4) is 0 Å². The monoisotopic (exact) mass is 283 g/mol. The number of hydrogen-bond acceptors (Lipinski definition) is 2. The van der Waals surface area contributed by atoms with Gasteiger partial charge in [0.15, 0.2) is 0 Å². The van der Waals surface area contributed by atoms with Gasteiger partial charge in [0, 0.05) is 17.8 Å². The second-order valence-corrected chi connectivity index (χ2v) is 4.68. The van der Waals surface area contributed by atoms with Crippen molar-refractivity contribution in [2.45, 2.75) is 13.3 Å². The SMILES string of the molecule is CCCN(C(=O)c1ccccc1)c1cccc(C(=O)O)c1. The smallest absolute Gasteiger partial charge is 0.335 e. The van der Waals surface area contributed by atoms with E-state index in [1.54, 1.807) is 29.2 Å². The third-order valence-corrected chi connectivity index (χ3v) is 3.12. The molecule has 0 aliphatic rings. The van der Waals surface area contributed by atoms with Crippen LogP contribution >= 0.6 is 0 Å². The molecule has 4 heteroatoms. The highest BCUT2D eigenvalue weighted by Crippen LogP contribution is 2.19. The molecule has 0 heterocycles. The maximum absolute atomic E-state index is 12.6. The summed E-state index contributed by atoms with van der Waals surface area (Å²) in [5, 5.41) is 9.07. The molecule has 0 saturated carbocycles. The van der Waals surface area contributed by atoms with Crippen LogP contribution in [0, 0.1) is 0 Å². The zero-order valence-electron chi connectivity index (χ0n) is 11.8. The van der Waals surface area contributed by atoms with Gasteiger partial charge in [-0.25, -0.2) is 4.79 Å². The van der Waals surface area contributed by atoms with Crippen LogP contribution < -0.4 is 4.90 Å². The first-order valence-corrected chi connectivity index (χ1v) is 6.83. The number of aromatic carboxylic acids is 1. The summed E-state index contributed by atoms with van der Waals surface area (Å²) in [4.78, 5) is 25.3. The van der Waals surface area contributed by atoms with E-state index in [2.05, 4.69) is 0 Å². The Hall–Kier alpha value is -2.62. The van der Waals surface area contributed by atoms with Gasteiger partial charge >= 0.3 is 5.97 Å². The third-order valence-electron chi connectivity index (χ3n) is 3.12. The van der Waals surface area contributed by atoms with Crippen molar-refractivity contribution < 1.29 is 14.7 Å². The summed E-state index contributed by atoms with van der Waals surface area (Å²) < 4.78 is 0. The summed E-state index contributed by atoms with van der Waals surface area (Å²) in [6.07, 6.45) is 0.788. The van der Waals surface area contributed by atoms with Crippen molar-refractivity contribution in [3.63, 3.8) is 0 Å². The van der Waals surface area contributed by atoms with Gasteiger partial charge < -0.3 is 10.0 Å². The zero-order chi connectivity index (χ0) is 15.2. The minimum Gasteiger partial charge on any atom is -0.478 e. The summed E-state index contributed by atoms with van der Waals surface area (Å²) in [5.41, 5.74) is 1.37. The van der Waals surface area contributed by atoms with Crippen LogP contribution in [0.1, 0.15) is 34.1 Å². The van der Waals surface area contributed by atoms with Gasteiger partial charge in [0.1, 0.15) is 0 Å². The minimum absolute atomic E-state index is 0.125. The number of benzene rings is 2. The van der Waals surface area contributed by atoms with Crippen LogP contribution in [0.2, 0.25) is 0 Å². The second-order valence-electron chi connectivity index (χ2n) is 4.68. The molecule has 0 saturated heterocycles. The lowest BCUT2D eigenvalue weighted by Crippen LogP contribution is -2.31. The number of nitrogens with zero attached hydrogens (tertiary/aromatic N) is 1. The fraction of sp³-hybridized carbons (Fsp3) is 0.176. The molecule has 0 bridgehead atoms. The summed E-state index contributed by atoms with van der Waals surface area (Å²) in [6, 6.07) is 15.4. The van der Waals surface area contributed by atoms with Crippen molar-refractivity contribution in [2.24, 2.45) is 0 Å². The van der Waals surface area contributed by atoms with Gasteiger partial charge in [-0.15, -0.1) is 0 Å². The normalized spacial score (nSPS) is 10.1. The topological polar surface area (TPSA) is 57.6 Å². The number of amides is 1. The number of carboxylic acids is 1. The van der Waals surface area contributed by atoms with Gasteiger partial charge in [-0.3, -0.25) is 4.79 Å². The number of anilines is 1. The van der Waals surface area contributed by atoms with Gasteiger partial charge in [0.25, 0.3) is 5.91 Å². The van der Waals surface area contributed by atoms with Crippen molar-refractivity contribution in [1.82, 2.24) is 0 Å². The number of carbonyl (C=O) groups excluding carboxylic acids is 1. The molecule has 0 atom stereocenters. The molecule has 1 amide bonds. The van der Waals surface area contributed by atoms with E-state index in [-0.39, 0.29) is 11.5 Å². The number of rotatable bonds is 5. The molecular weight excluding hydrogens is 266 g/mol. The lowest BCUT2D eigenvalue weighted by molar-refractivity contribution is 0.0696. The molecule has 2 aromatic rings. The molecule has 2 rings (SSSR count). The van der Waals surface area contributed by atoms with Crippen LogP contribution in [-0.2, 0) is 0 Å². The first-order chi connectivity index (χ1) is 10.1. The van der Waals surface area contributed by atoms with Crippen molar-refractivity contribution in [2.75, 3.05) is 11.4 Å². The average molecular weight is 283 g/mol. The van der Waals surface area contributed by atoms with E-state index in [0.717, 1.165) is 6.42 Å². The molecule has 0 aliphatic heterocycles. The van der Waals surface area contributed by atoms with E-state index in [0.29, 0.717) is 17.8 Å². The fourth-order valence-electron chi connectivity index (χ4n) is 2.11. The molecule has 0 fully saturated rings. The average Bonchev–Trinajstić information content (AvgIpc) is 2.53. The predicted molar refractivity (Wildman–Crippen MR) is 81.8 cm³/mol. The van der Waals surface area contributed by atoms with Gasteiger partial charge in [-0.2, -0.15) is 0 Å². The maximum atomic E-state index is 12.6. The van der Waals surface area contributed by atoms with Gasteiger partial charge in [-0.1, -0.05) is 31.2 Å². The summed E-state index contributed by atoms with van der Waals surface area (Å²) in [7, 11) is 0. The van der Waals surface area contributed by atoms with Crippen LogP contribution in [0.4, 0.5) is 5.69 Å². The van der Waals surface area contributed by atoms with Crippen molar-refractivity contribution in [3.05, 3.63) is 65.7 Å². The molecule has 0 radical (unpaired) electrons. The summed E-state index contributed by atoms with van der Waals surface area (Å²) >= 11 is 0. The lowest BCUT2D eigenvalue weighted by atomic mass is 10.1. The summed E-state index contributed by atoms with van der Waals surface area (Å²) in [6.45, 7) is 2.52. The second kappa shape index (κ2) is 6.70. The van der Waals surface area contributed by atoms with Crippen molar-refractivity contribution in [1.29, 1.82) is 0 Å². The van der Waals surface area contributed by atoms with Crippen LogP contribution in [-0.4, -0.2) is 23.5 Å². The molecule has 0 unspecified atom stereocenters. The van der Waals surface area contributed by atoms with E-state index in [9.17, 15) is 9.59 Å². The molecule has 21 heavy (non-hydrogen) atoms. The van der Waals surface area contributed by atoms with Crippen LogP contribution in [0.3, 0.4) is 0 Å². The standard InChI is InChI=1S/C17H17NO3/c1-2-11-18(16(19)13-7-4-3-5-8-13)15-10-6-9-14(12-15)17(20)21/h3-10,12H,2,11H2,1H3,(H,20,21). The minimum atomic E-state index is -1.000.